The van der Waals surface area contributed by atoms with E-state index in [4.69, 9.17) is 9.52 Å². The van der Waals surface area contributed by atoms with Crippen molar-refractivity contribution in [2.75, 3.05) is 0 Å². The first-order valence-electron chi connectivity index (χ1n) is 6.16. The lowest BCUT2D eigenvalue weighted by Crippen LogP contribution is -2.04. The van der Waals surface area contributed by atoms with Gasteiger partial charge in [-0.3, -0.25) is 9.67 Å². The second-order valence-corrected chi connectivity index (χ2v) is 4.65. The molecule has 0 amide bonds. The second-order valence-electron chi connectivity index (χ2n) is 4.65. The van der Waals surface area contributed by atoms with Crippen LogP contribution in [-0.2, 0) is 6.54 Å². The van der Waals surface area contributed by atoms with Gasteiger partial charge >= 0.3 is 5.97 Å². The summed E-state index contributed by atoms with van der Waals surface area (Å²) in [6.45, 7) is 4.21. The van der Waals surface area contributed by atoms with Gasteiger partial charge in [-0.2, -0.15) is 0 Å². The summed E-state index contributed by atoms with van der Waals surface area (Å²) in [5.41, 5.74) is 2.89. The Hall–Kier alpha value is -2.63. The molecule has 0 saturated heterocycles. The van der Waals surface area contributed by atoms with Crippen LogP contribution in [0.2, 0.25) is 0 Å². The molecule has 0 aliphatic heterocycles. The molecule has 20 heavy (non-hydrogen) atoms. The number of aryl methyl sites for hydroxylation is 2. The number of carbonyl (C=O) groups is 1. The van der Waals surface area contributed by atoms with Crippen molar-refractivity contribution in [3.63, 3.8) is 0 Å². The highest BCUT2D eigenvalue weighted by Gasteiger charge is 2.22. The topological polar surface area (TPSA) is 81.1 Å². The molecule has 0 aliphatic carbocycles. The summed E-state index contributed by atoms with van der Waals surface area (Å²) in [4.78, 5) is 15.1. The summed E-state index contributed by atoms with van der Waals surface area (Å²) in [7, 11) is 0. The zero-order chi connectivity index (χ0) is 14.3. The van der Waals surface area contributed by atoms with Crippen LogP contribution in [0.5, 0.6) is 0 Å². The van der Waals surface area contributed by atoms with Crippen molar-refractivity contribution in [1.82, 2.24) is 14.8 Å². The number of furan rings is 1. The maximum atomic E-state index is 11.0. The molecule has 6 nitrogen and oxygen atoms in total. The van der Waals surface area contributed by atoms with Crippen LogP contribution in [0.4, 0.5) is 0 Å². The number of aromatic nitrogens is 3. The predicted molar refractivity (Wildman–Crippen MR) is 71.8 cm³/mol. The number of hydrogen-bond donors (Lipinski definition) is 1. The molecule has 3 heterocycles. The molecule has 0 bridgehead atoms. The molecule has 102 valence electrons. The normalized spacial score (nSPS) is 11.1. The Morgan fingerprint density at radius 2 is 2.25 bits per heavy atom. The van der Waals surface area contributed by atoms with Crippen LogP contribution in [0, 0.1) is 13.8 Å². The summed E-state index contributed by atoms with van der Waals surface area (Å²) in [6, 6.07) is 3.83. The number of aromatic carboxylic acids is 1. The van der Waals surface area contributed by atoms with Gasteiger partial charge < -0.3 is 9.52 Å². The van der Waals surface area contributed by atoms with Crippen LogP contribution in [-0.4, -0.2) is 25.8 Å². The summed E-state index contributed by atoms with van der Waals surface area (Å²) < 4.78 is 7.11. The van der Waals surface area contributed by atoms with E-state index in [1.54, 1.807) is 24.0 Å². The zero-order valence-corrected chi connectivity index (χ0v) is 11.1. The molecule has 1 N–H and O–H groups in total. The molecular weight excluding hydrogens is 258 g/mol. The molecular formula is C14H13N3O3. The fraction of sp³-hybridized carbons (Fsp3) is 0.214. The minimum atomic E-state index is -1.07. The number of fused-ring (bicyclic) bond motifs is 1. The van der Waals surface area contributed by atoms with Gasteiger partial charge in [-0.15, -0.1) is 5.10 Å². The van der Waals surface area contributed by atoms with Gasteiger partial charge in [0.1, 0.15) is 0 Å². The van der Waals surface area contributed by atoms with Gasteiger partial charge in [-0.25, -0.2) is 4.79 Å². The van der Waals surface area contributed by atoms with Crippen molar-refractivity contribution in [1.29, 1.82) is 0 Å². The number of hydrogen-bond acceptors (Lipinski definition) is 4. The van der Waals surface area contributed by atoms with E-state index in [1.807, 2.05) is 19.1 Å². The Bertz CT molecular complexity index is 787. The predicted octanol–water partition coefficient (Wildman–Crippen LogP) is 2.39. The quantitative estimate of drug-likeness (QED) is 0.791. The summed E-state index contributed by atoms with van der Waals surface area (Å²) >= 11 is 0. The minimum Gasteiger partial charge on any atom is -0.475 e. The lowest BCUT2D eigenvalue weighted by atomic mass is 10.2. The fourth-order valence-corrected chi connectivity index (χ4v) is 2.33. The maximum absolute atomic E-state index is 11.0. The average Bonchev–Trinajstić information content (AvgIpc) is 2.90. The minimum absolute atomic E-state index is 0.0425. The first kappa shape index (κ1) is 12.4. The molecule has 6 heteroatoms. The first-order valence-corrected chi connectivity index (χ1v) is 6.16. The Morgan fingerprint density at radius 3 is 2.85 bits per heavy atom. The molecule has 3 aromatic heterocycles. The number of carboxylic acids is 1. The lowest BCUT2D eigenvalue weighted by molar-refractivity contribution is 0.0663. The molecule has 0 spiro atoms. The molecule has 3 aromatic rings. The summed E-state index contributed by atoms with van der Waals surface area (Å²) in [6.07, 6.45) is 3.49. The van der Waals surface area contributed by atoms with Crippen LogP contribution < -0.4 is 0 Å². The largest absolute Gasteiger partial charge is 0.475 e. The van der Waals surface area contributed by atoms with E-state index in [9.17, 15) is 4.79 Å². The third-order valence-electron chi connectivity index (χ3n) is 3.34. The van der Waals surface area contributed by atoms with Crippen molar-refractivity contribution in [3.05, 3.63) is 47.1 Å². The highest BCUT2D eigenvalue weighted by atomic mass is 16.4. The highest BCUT2D eigenvalue weighted by molar-refractivity contribution is 5.94. The molecule has 0 aliphatic rings. The van der Waals surface area contributed by atoms with E-state index in [2.05, 4.69) is 10.1 Å². The second kappa shape index (κ2) is 4.48. The monoisotopic (exact) mass is 271 g/mol. The highest BCUT2D eigenvalue weighted by Crippen LogP contribution is 2.27. The smallest absolute Gasteiger partial charge is 0.372 e. The molecule has 0 unspecified atom stereocenters. The Morgan fingerprint density at radius 1 is 1.45 bits per heavy atom. The SMILES string of the molecule is Cc1c(C(=O)O)oc2nn(Cc3cccnc3)c(C)c12. The van der Waals surface area contributed by atoms with Crippen LogP contribution in [0.25, 0.3) is 11.1 Å². The zero-order valence-electron chi connectivity index (χ0n) is 11.1. The summed E-state index contributed by atoms with van der Waals surface area (Å²) in [5, 5.41) is 14.1. The van der Waals surface area contributed by atoms with Crippen LogP contribution in [0.15, 0.2) is 28.9 Å². The third-order valence-corrected chi connectivity index (χ3v) is 3.34. The van der Waals surface area contributed by atoms with Gasteiger partial charge in [-0.1, -0.05) is 6.07 Å². The summed E-state index contributed by atoms with van der Waals surface area (Å²) in [5.74, 6) is -1.11. The number of carboxylic acid groups (broad SMARTS) is 1. The van der Waals surface area contributed by atoms with Crippen molar-refractivity contribution >= 4 is 17.1 Å². The van der Waals surface area contributed by atoms with E-state index < -0.39 is 5.97 Å². The van der Waals surface area contributed by atoms with Crippen LogP contribution >= 0.6 is 0 Å². The fourth-order valence-electron chi connectivity index (χ4n) is 2.33. The first-order chi connectivity index (χ1) is 9.58. The Kier molecular flexibility index (Phi) is 2.78. The van der Waals surface area contributed by atoms with Gasteiger partial charge in [0, 0.05) is 23.7 Å². The number of rotatable bonds is 3. The molecule has 0 radical (unpaired) electrons. The van der Waals surface area contributed by atoms with Gasteiger partial charge in [0.15, 0.2) is 0 Å². The van der Waals surface area contributed by atoms with Gasteiger partial charge in [0.05, 0.1) is 11.9 Å². The molecule has 0 fully saturated rings. The van der Waals surface area contributed by atoms with Gasteiger partial charge in [0.2, 0.25) is 11.5 Å². The van der Waals surface area contributed by atoms with E-state index in [0.717, 1.165) is 16.6 Å². The van der Waals surface area contributed by atoms with E-state index in [0.29, 0.717) is 17.8 Å². The Balaban J connectivity index is 2.06. The van der Waals surface area contributed by atoms with Gasteiger partial charge in [-0.05, 0) is 25.5 Å². The molecule has 0 atom stereocenters. The van der Waals surface area contributed by atoms with E-state index >= 15 is 0 Å². The van der Waals surface area contributed by atoms with Crippen LogP contribution in [0.3, 0.4) is 0 Å². The van der Waals surface area contributed by atoms with Crippen LogP contribution in [0.1, 0.15) is 27.4 Å². The van der Waals surface area contributed by atoms with E-state index in [-0.39, 0.29) is 5.76 Å². The van der Waals surface area contributed by atoms with Crippen molar-refractivity contribution in [2.24, 2.45) is 0 Å². The van der Waals surface area contributed by atoms with Gasteiger partial charge in [0.25, 0.3) is 0 Å². The average molecular weight is 271 g/mol. The van der Waals surface area contributed by atoms with E-state index in [1.165, 1.54) is 0 Å². The van der Waals surface area contributed by atoms with Crippen molar-refractivity contribution < 1.29 is 14.3 Å². The molecule has 0 saturated carbocycles. The molecule has 3 rings (SSSR count). The Labute approximate surface area is 114 Å². The maximum Gasteiger partial charge on any atom is 0.372 e. The third kappa shape index (κ3) is 1.85. The number of nitrogens with zero attached hydrogens (tertiary/aromatic N) is 3. The molecule has 0 aromatic carbocycles. The van der Waals surface area contributed by atoms with Crippen molar-refractivity contribution in [2.45, 2.75) is 20.4 Å². The number of pyridine rings is 1. The van der Waals surface area contributed by atoms with Crippen molar-refractivity contribution in [3.8, 4) is 0 Å². The standard InChI is InChI=1S/C14H13N3O3/c1-8-11-9(2)17(7-10-4-3-5-15-6-10)16-13(11)20-12(8)14(18)19/h3-6H,7H2,1-2H3,(H,18,19). The lowest BCUT2D eigenvalue weighted by Gasteiger charge is -2.04.